The lowest BCUT2D eigenvalue weighted by atomic mass is 10.0. The average Bonchev–Trinajstić information content (AvgIpc) is 2.88. The number of carbonyl (C=O) groups excluding carboxylic acids is 4. The van der Waals surface area contributed by atoms with Gasteiger partial charge in [-0.1, -0.05) is 30.3 Å². The van der Waals surface area contributed by atoms with Crippen LogP contribution in [0, 0.1) is 0 Å². The highest BCUT2D eigenvalue weighted by molar-refractivity contribution is 5.95. The van der Waals surface area contributed by atoms with Gasteiger partial charge in [-0.05, 0) is 57.5 Å². The van der Waals surface area contributed by atoms with Gasteiger partial charge in [-0.3, -0.25) is 4.79 Å². The number of anilines is 1. The third-order valence-corrected chi connectivity index (χ3v) is 6.15. The lowest BCUT2D eigenvalue weighted by molar-refractivity contribution is -0.135. The maximum Gasteiger partial charge on any atom is 0.338 e. The van der Waals surface area contributed by atoms with Gasteiger partial charge in [0.25, 0.3) is 0 Å². The highest BCUT2D eigenvalue weighted by Crippen LogP contribution is 2.15. The van der Waals surface area contributed by atoms with E-state index in [0.29, 0.717) is 37.3 Å². The van der Waals surface area contributed by atoms with Crippen molar-refractivity contribution in [3.63, 3.8) is 0 Å². The van der Waals surface area contributed by atoms with Crippen LogP contribution < -0.4 is 16.0 Å². The fourth-order valence-corrected chi connectivity index (χ4v) is 4.29. The summed E-state index contributed by atoms with van der Waals surface area (Å²) in [4.78, 5) is 54.3. The second kappa shape index (κ2) is 13.5. The smallest absolute Gasteiger partial charge is 0.338 e. The lowest BCUT2D eigenvalue weighted by Gasteiger charge is -2.41. The lowest BCUT2D eigenvalue weighted by Crippen LogP contribution is -2.61. The Hall–Kier alpha value is -4.08. The molecule has 1 aliphatic rings. The van der Waals surface area contributed by atoms with Gasteiger partial charge in [0.2, 0.25) is 5.91 Å². The van der Waals surface area contributed by atoms with Gasteiger partial charge in [0.15, 0.2) is 0 Å². The van der Waals surface area contributed by atoms with E-state index in [1.54, 1.807) is 41.0 Å². The minimum Gasteiger partial charge on any atom is -0.462 e. The molecule has 1 heterocycles. The first-order chi connectivity index (χ1) is 18.2. The van der Waals surface area contributed by atoms with Crippen LogP contribution in [0.2, 0.25) is 0 Å². The molecule has 5 amide bonds. The Morgan fingerprint density at radius 3 is 2.26 bits per heavy atom. The number of piperazine rings is 1. The number of carbonyl (C=O) groups is 4. The van der Waals surface area contributed by atoms with Gasteiger partial charge in [-0.15, -0.1) is 0 Å². The first-order valence-electron chi connectivity index (χ1n) is 12.9. The summed E-state index contributed by atoms with van der Waals surface area (Å²) in [6.07, 6.45) is 0.317. The van der Waals surface area contributed by atoms with Gasteiger partial charge in [-0.2, -0.15) is 0 Å². The Kier molecular flexibility index (Phi) is 10.1. The van der Waals surface area contributed by atoms with Crippen LogP contribution in [0.4, 0.5) is 15.3 Å². The van der Waals surface area contributed by atoms with Crippen molar-refractivity contribution in [3.8, 4) is 0 Å². The van der Waals surface area contributed by atoms with Gasteiger partial charge in [0, 0.05) is 43.8 Å². The molecular formula is C28H37N5O5. The van der Waals surface area contributed by atoms with Crippen LogP contribution >= 0.6 is 0 Å². The number of nitrogens with zero attached hydrogens (tertiary/aromatic N) is 2. The Morgan fingerprint density at radius 1 is 0.974 bits per heavy atom. The number of esters is 1. The summed E-state index contributed by atoms with van der Waals surface area (Å²) in [5, 5.41) is 8.45. The SMILES string of the molecule is CCOC(=O)c1ccc(NC(=O)NC(Cc2ccccc2)C(=O)N2CCN(C(=O)NC(C)C)C(C)C2)cc1. The number of hydrogen-bond donors (Lipinski definition) is 3. The molecule has 0 bridgehead atoms. The number of ether oxygens (including phenoxy) is 1. The maximum atomic E-state index is 13.6. The molecule has 10 nitrogen and oxygen atoms in total. The number of benzene rings is 2. The molecule has 0 spiro atoms. The van der Waals surface area contributed by atoms with Crippen LogP contribution in [-0.2, 0) is 16.0 Å². The number of nitrogens with one attached hydrogen (secondary N) is 3. The average molecular weight is 524 g/mol. The highest BCUT2D eigenvalue weighted by Gasteiger charge is 2.33. The van der Waals surface area contributed by atoms with E-state index in [1.165, 1.54) is 0 Å². The zero-order valence-corrected chi connectivity index (χ0v) is 22.4. The maximum absolute atomic E-state index is 13.6. The topological polar surface area (TPSA) is 120 Å². The van der Waals surface area contributed by atoms with Crippen molar-refractivity contribution in [2.75, 3.05) is 31.6 Å². The van der Waals surface area contributed by atoms with Gasteiger partial charge in [0.05, 0.1) is 12.2 Å². The number of urea groups is 2. The van der Waals surface area contributed by atoms with Crippen molar-refractivity contribution in [2.45, 2.75) is 52.2 Å². The fourth-order valence-electron chi connectivity index (χ4n) is 4.29. The molecule has 2 aromatic carbocycles. The molecule has 0 radical (unpaired) electrons. The molecule has 2 aromatic rings. The zero-order chi connectivity index (χ0) is 27.7. The van der Waals surface area contributed by atoms with Crippen LogP contribution in [0.15, 0.2) is 54.6 Å². The summed E-state index contributed by atoms with van der Waals surface area (Å²) in [6.45, 7) is 8.87. The summed E-state index contributed by atoms with van der Waals surface area (Å²) >= 11 is 0. The minimum atomic E-state index is -0.806. The van der Waals surface area contributed by atoms with Gasteiger partial charge in [-0.25, -0.2) is 14.4 Å². The molecule has 2 atom stereocenters. The van der Waals surface area contributed by atoms with Crippen LogP contribution in [0.25, 0.3) is 0 Å². The molecule has 0 aliphatic carbocycles. The first kappa shape index (κ1) is 28.5. The quantitative estimate of drug-likeness (QED) is 0.459. The second-order valence-corrected chi connectivity index (χ2v) is 9.57. The predicted octanol–water partition coefficient (Wildman–Crippen LogP) is 3.25. The second-order valence-electron chi connectivity index (χ2n) is 9.57. The van der Waals surface area contributed by atoms with Gasteiger partial charge >= 0.3 is 18.0 Å². The normalized spacial score (nSPS) is 16.0. The molecule has 3 rings (SSSR count). The first-order valence-corrected chi connectivity index (χ1v) is 12.9. The zero-order valence-electron chi connectivity index (χ0n) is 22.4. The Balaban J connectivity index is 1.67. The number of rotatable bonds is 8. The minimum absolute atomic E-state index is 0.0219. The van der Waals surface area contributed by atoms with Crippen molar-refractivity contribution >= 4 is 29.6 Å². The molecule has 0 aromatic heterocycles. The van der Waals surface area contributed by atoms with E-state index in [-0.39, 0.29) is 30.6 Å². The van der Waals surface area contributed by atoms with Crippen LogP contribution in [0.5, 0.6) is 0 Å². The van der Waals surface area contributed by atoms with E-state index < -0.39 is 18.0 Å². The summed E-state index contributed by atoms with van der Waals surface area (Å²) in [6, 6.07) is 14.2. The number of amides is 5. The van der Waals surface area contributed by atoms with Gasteiger partial charge < -0.3 is 30.5 Å². The predicted molar refractivity (Wildman–Crippen MR) is 145 cm³/mol. The Bertz CT molecular complexity index is 1110. The van der Waals surface area contributed by atoms with Crippen LogP contribution in [0.3, 0.4) is 0 Å². The van der Waals surface area contributed by atoms with E-state index >= 15 is 0 Å². The van der Waals surface area contributed by atoms with E-state index in [9.17, 15) is 19.2 Å². The largest absolute Gasteiger partial charge is 0.462 e. The molecule has 1 fully saturated rings. The molecule has 2 unspecified atom stereocenters. The van der Waals surface area contributed by atoms with Crippen molar-refractivity contribution < 1.29 is 23.9 Å². The standard InChI is InChI=1S/C28H37N5O5/c1-5-38-26(35)22-11-13-23(14-12-22)30-27(36)31-24(17-21-9-7-6-8-10-21)25(34)32-15-16-33(20(4)18-32)28(37)29-19(2)3/h6-14,19-20,24H,5,15-18H2,1-4H3,(H,29,37)(H2,30,31,36). The summed E-state index contributed by atoms with van der Waals surface area (Å²) in [7, 11) is 0. The molecule has 10 heteroatoms. The van der Waals surface area contributed by atoms with E-state index in [4.69, 9.17) is 4.74 Å². The Labute approximate surface area is 223 Å². The summed E-state index contributed by atoms with van der Waals surface area (Å²) in [5.74, 6) is -0.648. The number of hydrogen-bond acceptors (Lipinski definition) is 5. The summed E-state index contributed by atoms with van der Waals surface area (Å²) < 4.78 is 4.98. The van der Waals surface area contributed by atoms with Gasteiger partial charge in [0.1, 0.15) is 6.04 Å². The summed E-state index contributed by atoms with van der Waals surface area (Å²) in [5.41, 5.74) is 1.76. The van der Waals surface area contributed by atoms with E-state index in [2.05, 4.69) is 16.0 Å². The molecule has 0 saturated carbocycles. The van der Waals surface area contributed by atoms with Crippen molar-refractivity contribution in [2.24, 2.45) is 0 Å². The highest BCUT2D eigenvalue weighted by atomic mass is 16.5. The monoisotopic (exact) mass is 523 g/mol. The van der Waals surface area contributed by atoms with Crippen LogP contribution in [-0.4, -0.2) is 78.1 Å². The molecular weight excluding hydrogens is 486 g/mol. The van der Waals surface area contributed by atoms with Crippen molar-refractivity contribution in [1.29, 1.82) is 0 Å². The molecule has 204 valence electrons. The van der Waals surface area contributed by atoms with E-state index in [1.807, 2.05) is 51.1 Å². The van der Waals surface area contributed by atoms with Crippen molar-refractivity contribution in [1.82, 2.24) is 20.4 Å². The molecule has 38 heavy (non-hydrogen) atoms. The molecule has 3 N–H and O–H groups in total. The van der Waals surface area contributed by atoms with Crippen LogP contribution in [0.1, 0.15) is 43.6 Å². The Morgan fingerprint density at radius 2 is 1.66 bits per heavy atom. The third-order valence-electron chi connectivity index (χ3n) is 6.15. The fraction of sp³-hybridized carbons (Fsp3) is 0.429. The third kappa shape index (κ3) is 7.96. The van der Waals surface area contributed by atoms with E-state index in [0.717, 1.165) is 5.56 Å². The molecule has 1 saturated heterocycles. The van der Waals surface area contributed by atoms with Crippen molar-refractivity contribution in [3.05, 3.63) is 65.7 Å². The molecule has 1 aliphatic heterocycles.